The summed E-state index contributed by atoms with van der Waals surface area (Å²) in [6, 6.07) is 14.9. The van der Waals surface area contributed by atoms with Crippen LogP contribution >= 0.6 is 0 Å². The van der Waals surface area contributed by atoms with E-state index >= 15 is 0 Å². The molecule has 1 N–H and O–H groups in total. The molecule has 25 heavy (non-hydrogen) atoms. The van der Waals surface area contributed by atoms with E-state index in [9.17, 15) is 9.59 Å². The number of carbonyl (C=O) groups is 2. The van der Waals surface area contributed by atoms with Crippen LogP contribution in [0.3, 0.4) is 0 Å². The number of benzene rings is 2. The summed E-state index contributed by atoms with van der Waals surface area (Å²) in [5.74, 6) is 0.155. The Labute approximate surface area is 147 Å². The first kappa shape index (κ1) is 17.0. The number of hydrogen-bond donors (Lipinski definition) is 1. The summed E-state index contributed by atoms with van der Waals surface area (Å²) in [6.07, 6.45) is 0.219. The van der Waals surface area contributed by atoms with Gasteiger partial charge in [0.2, 0.25) is 11.8 Å². The van der Waals surface area contributed by atoms with E-state index in [4.69, 9.17) is 4.74 Å². The second kappa shape index (κ2) is 6.97. The number of anilines is 1. The van der Waals surface area contributed by atoms with Crippen LogP contribution in [0.2, 0.25) is 0 Å². The molecular weight excluding hydrogens is 316 g/mol. The van der Waals surface area contributed by atoms with Gasteiger partial charge >= 0.3 is 0 Å². The molecular formula is C20H22N2O3. The van der Waals surface area contributed by atoms with Crippen LogP contribution < -0.4 is 10.1 Å². The Morgan fingerprint density at radius 2 is 1.76 bits per heavy atom. The lowest BCUT2D eigenvalue weighted by molar-refractivity contribution is -0.127. The van der Waals surface area contributed by atoms with E-state index in [2.05, 4.69) is 5.32 Å². The molecule has 0 saturated carbocycles. The van der Waals surface area contributed by atoms with E-state index in [0.717, 1.165) is 16.9 Å². The van der Waals surface area contributed by atoms with Gasteiger partial charge < -0.3 is 15.0 Å². The van der Waals surface area contributed by atoms with Crippen LogP contribution in [-0.4, -0.2) is 30.9 Å². The van der Waals surface area contributed by atoms with Crippen molar-refractivity contribution in [1.82, 2.24) is 4.90 Å². The highest BCUT2D eigenvalue weighted by atomic mass is 16.5. The van der Waals surface area contributed by atoms with Gasteiger partial charge in [-0.1, -0.05) is 29.8 Å². The van der Waals surface area contributed by atoms with Crippen LogP contribution in [0.5, 0.6) is 5.75 Å². The van der Waals surface area contributed by atoms with Gasteiger partial charge in [-0.2, -0.15) is 0 Å². The van der Waals surface area contributed by atoms with E-state index < -0.39 is 5.92 Å². The summed E-state index contributed by atoms with van der Waals surface area (Å²) >= 11 is 0. The number of amides is 2. The molecule has 1 aliphatic heterocycles. The molecule has 2 atom stereocenters. The van der Waals surface area contributed by atoms with Gasteiger partial charge in [0.1, 0.15) is 5.75 Å². The smallest absolute Gasteiger partial charge is 0.230 e. The number of hydrogen-bond acceptors (Lipinski definition) is 3. The van der Waals surface area contributed by atoms with Crippen molar-refractivity contribution in [1.29, 1.82) is 0 Å². The van der Waals surface area contributed by atoms with E-state index in [0.29, 0.717) is 5.69 Å². The Morgan fingerprint density at radius 1 is 1.12 bits per heavy atom. The predicted molar refractivity (Wildman–Crippen MR) is 96.4 cm³/mol. The van der Waals surface area contributed by atoms with Gasteiger partial charge in [-0.05, 0) is 36.8 Å². The third-order valence-corrected chi connectivity index (χ3v) is 4.70. The number of ether oxygens (including phenoxy) is 1. The number of nitrogens with zero attached hydrogens (tertiary/aromatic N) is 1. The highest BCUT2D eigenvalue weighted by Crippen LogP contribution is 2.37. The predicted octanol–water partition coefficient (Wildman–Crippen LogP) is 3.16. The average molecular weight is 338 g/mol. The van der Waals surface area contributed by atoms with E-state index in [-0.39, 0.29) is 24.3 Å². The lowest BCUT2D eigenvalue weighted by Gasteiger charge is -2.25. The Bertz CT molecular complexity index is 769. The molecule has 0 unspecified atom stereocenters. The zero-order valence-corrected chi connectivity index (χ0v) is 14.7. The molecule has 5 heteroatoms. The molecule has 2 aromatic rings. The number of carbonyl (C=O) groups excluding carboxylic acids is 2. The van der Waals surface area contributed by atoms with Gasteiger partial charge in [0.15, 0.2) is 0 Å². The first-order valence-corrected chi connectivity index (χ1v) is 8.26. The van der Waals surface area contributed by atoms with Crippen molar-refractivity contribution in [2.75, 3.05) is 19.5 Å². The fourth-order valence-electron chi connectivity index (χ4n) is 3.23. The van der Waals surface area contributed by atoms with Gasteiger partial charge in [0.25, 0.3) is 0 Å². The molecule has 0 aromatic heterocycles. The number of aryl methyl sites for hydroxylation is 1. The normalized spacial score (nSPS) is 19.8. The second-order valence-corrected chi connectivity index (χ2v) is 6.39. The van der Waals surface area contributed by atoms with Gasteiger partial charge in [0, 0.05) is 19.2 Å². The molecule has 3 rings (SSSR count). The number of nitrogens with one attached hydrogen (secondary N) is 1. The zero-order chi connectivity index (χ0) is 18.0. The highest BCUT2D eigenvalue weighted by molar-refractivity contribution is 5.98. The topological polar surface area (TPSA) is 58.6 Å². The number of methoxy groups -OCH3 is 1. The average Bonchev–Trinajstić information content (AvgIpc) is 2.92. The first-order valence-electron chi connectivity index (χ1n) is 8.26. The minimum absolute atomic E-state index is 0.0135. The standard InChI is InChI=1S/C20H22N2O3/c1-13-4-6-14(7-5-13)19-17(12-18(23)22(19)2)20(24)21-15-8-10-16(25-3)11-9-15/h4-11,17,19H,12H2,1-3H3,(H,21,24)/t17-,19-/m0/s1. The summed E-state index contributed by atoms with van der Waals surface area (Å²) in [5.41, 5.74) is 2.82. The summed E-state index contributed by atoms with van der Waals surface area (Å²) in [4.78, 5) is 26.7. The molecule has 1 saturated heterocycles. The molecule has 2 aromatic carbocycles. The molecule has 2 amide bonds. The van der Waals surface area contributed by atoms with Crippen LogP contribution in [0.15, 0.2) is 48.5 Å². The van der Waals surface area contributed by atoms with Crippen LogP contribution in [0, 0.1) is 12.8 Å². The molecule has 1 fully saturated rings. The van der Waals surface area contributed by atoms with E-state index in [1.165, 1.54) is 0 Å². The summed E-state index contributed by atoms with van der Waals surface area (Å²) < 4.78 is 5.12. The van der Waals surface area contributed by atoms with Crippen molar-refractivity contribution in [2.24, 2.45) is 5.92 Å². The maximum absolute atomic E-state index is 12.8. The maximum Gasteiger partial charge on any atom is 0.230 e. The summed E-state index contributed by atoms with van der Waals surface area (Å²) in [6.45, 7) is 2.02. The van der Waals surface area contributed by atoms with Crippen molar-refractivity contribution in [3.8, 4) is 5.75 Å². The third kappa shape index (κ3) is 3.50. The Kier molecular flexibility index (Phi) is 4.74. The lowest BCUT2D eigenvalue weighted by atomic mass is 9.92. The Morgan fingerprint density at radius 3 is 2.36 bits per heavy atom. The van der Waals surface area contributed by atoms with Crippen molar-refractivity contribution >= 4 is 17.5 Å². The first-order chi connectivity index (χ1) is 12.0. The van der Waals surface area contributed by atoms with Gasteiger partial charge in [0.05, 0.1) is 19.1 Å². The number of likely N-dealkylation sites (tertiary alicyclic amines) is 1. The molecule has 130 valence electrons. The summed E-state index contributed by atoms with van der Waals surface area (Å²) in [7, 11) is 3.35. The Balaban J connectivity index is 1.81. The summed E-state index contributed by atoms with van der Waals surface area (Å²) in [5, 5.41) is 2.91. The van der Waals surface area contributed by atoms with Crippen LogP contribution in [0.1, 0.15) is 23.6 Å². The third-order valence-electron chi connectivity index (χ3n) is 4.70. The highest BCUT2D eigenvalue weighted by Gasteiger charge is 2.42. The second-order valence-electron chi connectivity index (χ2n) is 6.39. The largest absolute Gasteiger partial charge is 0.497 e. The van der Waals surface area contributed by atoms with Crippen molar-refractivity contribution in [2.45, 2.75) is 19.4 Å². The maximum atomic E-state index is 12.8. The van der Waals surface area contributed by atoms with Crippen molar-refractivity contribution < 1.29 is 14.3 Å². The van der Waals surface area contributed by atoms with E-state index in [1.54, 1.807) is 43.3 Å². The van der Waals surface area contributed by atoms with Crippen LogP contribution in [-0.2, 0) is 9.59 Å². The molecule has 1 heterocycles. The van der Waals surface area contributed by atoms with Crippen molar-refractivity contribution in [3.05, 3.63) is 59.7 Å². The Hall–Kier alpha value is -2.82. The molecule has 0 aliphatic carbocycles. The minimum Gasteiger partial charge on any atom is -0.497 e. The van der Waals surface area contributed by atoms with E-state index in [1.807, 2.05) is 31.2 Å². The minimum atomic E-state index is -0.415. The molecule has 0 radical (unpaired) electrons. The van der Waals surface area contributed by atoms with Gasteiger partial charge in [-0.15, -0.1) is 0 Å². The monoisotopic (exact) mass is 338 g/mol. The van der Waals surface area contributed by atoms with Crippen molar-refractivity contribution in [3.63, 3.8) is 0 Å². The number of rotatable bonds is 4. The molecule has 5 nitrogen and oxygen atoms in total. The van der Waals surface area contributed by atoms with Gasteiger partial charge in [-0.25, -0.2) is 0 Å². The molecule has 0 bridgehead atoms. The molecule has 0 spiro atoms. The fourth-order valence-corrected chi connectivity index (χ4v) is 3.23. The fraction of sp³-hybridized carbons (Fsp3) is 0.300. The SMILES string of the molecule is COc1ccc(NC(=O)[C@H]2CC(=O)N(C)[C@H]2c2ccc(C)cc2)cc1. The lowest BCUT2D eigenvalue weighted by Crippen LogP contribution is -2.30. The van der Waals surface area contributed by atoms with Crippen LogP contribution in [0.25, 0.3) is 0 Å². The zero-order valence-electron chi connectivity index (χ0n) is 14.7. The van der Waals surface area contributed by atoms with Crippen LogP contribution in [0.4, 0.5) is 5.69 Å². The molecule has 1 aliphatic rings. The van der Waals surface area contributed by atoms with Gasteiger partial charge in [-0.3, -0.25) is 9.59 Å². The quantitative estimate of drug-likeness (QED) is 0.931.